The van der Waals surface area contributed by atoms with Gasteiger partial charge >= 0.3 is 7.12 Å². The molecule has 0 bridgehead atoms. The van der Waals surface area contributed by atoms with E-state index in [4.69, 9.17) is 15.0 Å². The first kappa shape index (κ1) is 22.0. The van der Waals surface area contributed by atoms with Crippen LogP contribution in [0.4, 0.5) is 4.39 Å². The molecule has 158 valence electrons. The van der Waals surface area contributed by atoms with Crippen LogP contribution in [0.2, 0.25) is 0 Å². The number of benzene rings is 2. The molecule has 1 atom stereocenters. The highest BCUT2D eigenvalue weighted by Gasteiger charge is 2.51. The molecule has 1 aliphatic heterocycles. The van der Waals surface area contributed by atoms with Crippen molar-refractivity contribution in [3.05, 3.63) is 65.5 Å². The number of hydrogen-bond donors (Lipinski definition) is 2. The number of carbonyl (C=O) groups is 2. The van der Waals surface area contributed by atoms with E-state index < -0.39 is 42.0 Å². The Hall–Kier alpha value is -2.71. The summed E-state index contributed by atoms with van der Waals surface area (Å²) in [6.45, 7) is 7.95. The molecule has 8 heteroatoms. The summed E-state index contributed by atoms with van der Waals surface area (Å²) in [7, 11) is -0.478. The van der Waals surface area contributed by atoms with E-state index >= 15 is 0 Å². The van der Waals surface area contributed by atoms with Crippen molar-refractivity contribution in [2.75, 3.05) is 0 Å². The maximum atomic E-state index is 13.0. The first-order chi connectivity index (χ1) is 14.0. The van der Waals surface area contributed by atoms with Crippen molar-refractivity contribution in [2.24, 2.45) is 5.73 Å². The number of primary amides is 1. The van der Waals surface area contributed by atoms with Crippen LogP contribution in [0.3, 0.4) is 0 Å². The molecule has 0 unspecified atom stereocenters. The van der Waals surface area contributed by atoms with Gasteiger partial charge in [-0.2, -0.15) is 0 Å². The van der Waals surface area contributed by atoms with Gasteiger partial charge in [0.15, 0.2) is 0 Å². The Morgan fingerprint density at radius 1 is 1.00 bits per heavy atom. The van der Waals surface area contributed by atoms with E-state index in [0.29, 0.717) is 0 Å². The smallest absolute Gasteiger partial charge is 0.399 e. The monoisotopic (exact) mass is 412 g/mol. The molecule has 1 saturated heterocycles. The van der Waals surface area contributed by atoms with E-state index in [-0.39, 0.29) is 12.0 Å². The van der Waals surface area contributed by atoms with E-state index in [1.165, 1.54) is 24.3 Å². The Balaban J connectivity index is 1.67. The third-order valence-electron chi connectivity index (χ3n) is 5.70. The number of nitrogens with two attached hydrogens (primary N) is 1. The molecule has 2 amide bonds. The highest BCUT2D eigenvalue weighted by atomic mass is 19.1. The molecule has 0 radical (unpaired) electrons. The summed E-state index contributed by atoms with van der Waals surface area (Å²) in [5.41, 5.74) is 6.54. The summed E-state index contributed by atoms with van der Waals surface area (Å²) in [4.78, 5) is 24.2. The third-order valence-corrected chi connectivity index (χ3v) is 5.70. The lowest BCUT2D eigenvalue weighted by Crippen LogP contribution is -2.45. The fourth-order valence-corrected chi connectivity index (χ4v) is 3.09. The molecule has 2 aromatic carbocycles. The first-order valence-corrected chi connectivity index (χ1v) is 9.79. The van der Waals surface area contributed by atoms with Crippen molar-refractivity contribution in [2.45, 2.75) is 51.4 Å². The molecule has 0 aliphatic carbocycles. The molecule has 3 rings (SSSR count). The number of nitrogens with one attached hydrogen (secondary N) is 1. The average molecular weight is 412 g/mol. The molecule has 6 nitrogen and oxygen atoms in total. The van der Waals surface area contributed by atoms with Gasteiger partial charge in [-0.25, -0.2) is 4.39 Å². The number of amides is 2. The fraction of sp³-hybridized carbons (Fsp3) is 0.364. The Morgan fingerprint density at radius 2 is 1.53 bits per heavy atom. The average Bonchev–Trinajstić information content (AvgIpc) is 2.89. The van der Waals surface area contributed by atoms with Crippen LogP contribution < -0.4 is 16.5 Å². The summed E-state index contributed by atoms with van der Waals surface area (Å²) in [6, 6.07) is 11.6. The molecule has 3 N–H and O–H groups in total. The zero-order valence-electron chi connectivity index (χ0n) is 17.6. The van der Waals surface area contributed by atoms with Crippen molar-refractivity contribution < 1.29 is 23.3 Å². The standard InChI is InChI=1S/C22H26BFN2O4/c1-21(2)22(3,4)30-23(29-21)16-9-5-14(6-10-16)13-18(19(25)27)26-20(28)15-7-11-17(24)12-8-15/h5-12,18H,13H2,1-4H3,(H2,25,27)(H,26,28)/t18-/m1/s1. The van der Waals surface area contributed by atoms with Crippen molar-refractivity contribution >= 4 is 24.4 Å². The second-order valence-electron chi connectivity index (χ2n) is 8.47. The number of halogens is 1. The SMILES string of the molecule is CC1(C)OB(c2ccc(C[C@@H](NC(=O)c3ccc(F)cc3)C(N)=O)cc2)OC1(C)C. The van der Waals surface area contributed by atoms with Crippen molar-refractivity contribution in [1.29, 1.82) is 0 Å². The molecule has 30 heavy (non-hydrogen) atoms. The second kappa shape index (κ2) is 8.20. The second-order valence-corrected chi connectivity index (χ2v) is 8.47. The van der Waals surface area contributed by atoms with E-state index in [9.17, 15) is 14.0 Å². The number of hydrogen-bond acceptors (Lipinski definition) is 4. The van der Waals surface area contributed by atoms with Crippen molar-refractivity contribution in [1.82, 2.24) is 5.32 Å². The summed E-state index contributed by atoms with van der Waals surface area (Å²) in [5.74, 6) is -1.59. The molecular weight excluding hydrogens is 386 g/mol. The summed E-state index contributed by atoms with van der Waals surface area (Å²) >= 11 is 0. The van der Waals surface area contributed by atoms with Gasteiger partial charge in [0.25, 0.3) is 5.91 Å². The summed E-state index contributed by atoms with van der Waals surface area (Å²) in [5, 5.41) is 2.61. The van der Waals surface area contributed by atoms with Gasteiger partial charge in [0.2, 0.25) is 5.91 Å². The predicted octanol–water partition coefficient (Wildman–Crippen LogP) is 1.95. The van der Waals surface area contributed by atoms with Crippen LogP contribution in [0.25, 0.3) is 0 Å². The van der Waals surface area contributed by atoms with Crippen LogP contribution in [0.15, 0.2) is 48.5 Å². The Morgan fingerprint density at radius 3 is 2.03 bits per heavy atom. The largest absolute Gasteiger partial charge is 0.494 e. The third kappa shape index (κ3) is 4.71. The lowest BCUT2D eigenvalue weighted by Gasteiger charge is -2.32. The molecule has 0 spiro atoms. The Kier molecular flexibility index (Phi) is 6.01. The van der Waals surface area contributed by atoms with Crippen LogP contribution in [-0.2, 0) is 20.5 Å². The highest BCUT2D eigenvalue weighted by Crippen LogP contribution is 2.36. The number of rotatable bonds is 6. The van der Waals surface area contributed by atoms with E-state index in [1.807, 2.05) is 52.0 Å². The van der Waals surface area contributed by atoms with Crippen LogP contribution in [0.5, 0.6) is 0 Å². The molecular formula is C22H26BFN2O4. The maximum Gasteiger partial charge on any atom is 0.494 e. The Labute approximate surface area is 176 Å². The minimum absolute atomic E-state index is 0.228. The van der Waals surface area contributed by atoms with Crippen LogP contribution in [0.1, 0.15) is 43.6 Å². The van der Waals surface area contributed by atoms with Crippen LogP contribution in [0, 0.1) is 5.82 Å². The zero-order chi connectivity index (χ0) is 22.1. The molecule has 1 aliphatic rings. The lowest BCUT2D eigenvalue weighted by molar-refractivity contribution is -0.119. The van der Waals surface area contributed by atoms with Gasteiger partial charge in [-0.3, -0.25) is 9.59 Å². The van der Waals surface area contributed by atoms with Gasteiger partial charge in [-0.15, -0.1) is 0 Å². The quantitative estimate of drug-likeness (QED) is 0.710. The summed E-state index contributed by atoms with van der Waals surface area (Å²) in [6.07, 6.45) is 0.228. The summed E-state index contributed by atoms with van der Waals surface area (Å²) < 4.78 is 25.1. The fourth-order valence-electron chi connectivity index (χ4n) is 3.09. The minimum Gasteiger partial charge on any atom is -0.399 e. The highest BCUT2D eigenvalue weighted by molar-refractivity contribution is 6.62. The van der Waals surface area contributed by atoms with Crippen LogP contribution in [-0.4, -0.2) is 36.2 Å². The van der Waals surface area contributed by atoms with Gasteiger partial charge in [0, 0.05) is 12.0 Å². The van der Waals surface area contributed by atoms with Gasteiger partial charge in [-0.1, -0.05) is 24.3 Å². The topological polar surface area (TPSA) is 90.6 Å². The molecule has 2 aromatic rings. The van der Waals surface area contributed by atoms with Crippen molar-refractivity contribution in [3.8, 4) is 0 Å². The lowest BCUT2D eigenvalue weighted by atomic mass is 9.78. The maximum absolute atomic E-state index is 13.0. The Bertz CT molecular complexity index is 913. The van der Waals surface area contributed by atoms with Gasteiger partial charge < -0.3 is 20.4 Å². The van der Waals surface area contributed by atoms with E-state index in [1.54, 1.807) is 0 Å². The van der Waals surface area contributed by atoms with E-state index in [0.717, 1.165) is 11.0 Å². The molecule has 0 saturated carbocycles. The van der Waals surface area contributed by atoms with Gasteiger partial charge in [0.1, 0.15) is 11.9 Å². The van der Waals surface area contributed by atoms with Gasteiger partial charge in [-0.05, 0) is 63.0 Å². The molecule has 1 fully saturated rings. The first-order valence-electron chi connectivity index (χ1n) is 9.79. The molecule has 0 aromatic heterocycles. The predicted molar refractivity (Wildman–Crippen MR) is 113 cm³/mol. The van der Waals surface area contributed by atoms with Crippen LogP contribution >= 0.6 is 0 Å². The minimum atomic E-state index is -0.898. The zero-order valence-corrected chi connectivity index (χ0v) is 17.6. The van der Waals surface area contributed by atoms with Gasteiger partial charge in [0.05, 0.1) is 11.2 Å². The normalized spacial score (nSPS) is 18.1. The van der Waals surface area contributed by atoms with Crippen molar-refractivity contribution in [3.63, 3.8) is 0 Å². The number of carbonyl (C=O) groups excluding carboxylic acids is 2. The molecule has 1 heterocycles. The van der Waals surface area contributed by atoms with E-state index in [2.05, 4.69) is 5.32 Å².